The number of phenolic OH excluding ortho intramolecular Hbond substituents is 1. The van der Waals surface area contributed by atoms with Gasteiger partial charge in [-0.1, -0.05) is 6.92 Å². The van der Waals surface area contributed by atoms with Gasteiger partial charge in [0.15, 0.2) is 5.75 Å². The fourth-order valence-electron chi connectivity index (χ4n) is 2.25. The summed E-state index contributed by atoms with van der Waals surface area (Å²) in [5.41, 5.74) is 5.59. The zero-order valence-corrected chi connectivity index (χ0v) is 22.2. The third-order valence-corrected chi connectivity index (χ3v) is 7.09. The first-order valence-corrected chi connectivity index (χ1v) is 11.7. The summed E-state index contributed by atoms with van der Waals surface area (Å²) in [6, 6.07) is 7.33. The molecule has 0 aliphatic heterocycles. The molecular formula is C17H15I4NO4. The Morgan fingerprint density at radius 3 is 2.00 bits per heavy atom. The van der Waals surface area contributed by atoms with Gasteiger partial charge in [-0.3, -0.25) is 4.79 Å². The summed E-state index contributed by atoms with van der Waals surface area (Å²) in [7, 11) is 0. The predicted octanol–water partition coefficient (Wildman–Crippen LogP) is 5.34. The van der Waals surface area contributed by atoms with Gasteiger partial charge in [-0.2, -0.15) is 0 Å². The number of carbonyl (C=O) groups is 1. The molecule has 0 amide bonds. The van der Waals surface area contributed by atoms with Crippen molar-refractivity contribution in [3.8, 4) is 17.2 Å². The monoisotopic (exact) mass is 805 g/mol. The fourth-order valence-corrected chi connectivity index (χ4v) is 6.08. The summed E-state index contributed by atoms with van der Waals surface area (Å²) in [5.74, 6) is 0.568. The van der Waals surface area contributed by atoms with Crippen molar-refractivity contribution in [3.05, 3.63) is 44.1 Å². The van der Waals surface area contributed by atoms with Gasteiger partial charge in [0.05, 0.1) is 14.3 Å². The molecule has 140 valence electrons. The first-order valence-electron chi connectivity index (χ1n) is 7.43. The van der Waals surface area contributed by atoms with Crippen LogP contribution in [0.2, 0.25) is 0 Å². The van der Waals surface area contributed by atoms with Crippen LogP contribution in [-0.2, 0) is 11.2 Å². The van der Waals surface area contributed by atoms with E-state index in [1.807, 2.05) is 12.1 Å². The predicted molar refractivity (Wildman–Crippen MR) is 134 cm³/mol. The molecule has 2 rings (SSSR count). The van der Waals surface area contributed by atoms with E-state index in [0.717, 1.165) is 12.7 Å². The van der Waals surface area contributed by atoms with Crippen molar-refractivity contribution in [3.63, 3.8) is 0 Å². The lowest BCUT2D eigenvalue weighted by Crippen LogP contribution is -2.49. The molecule has 0 unspecified atom stereocenters. The van der Waals surface area contributed by atoms with Crippen LogP contribution in [0.1, 0.15) is 18.9 Å². The van der Waals surface area contributed by atoms with E-state index in [1.165, 1.54) is 0 Å². The molecule has 0 aliphatic rings. The zero-order chi connectivity index (χ0) is 19.6. The molecule has 0 fully saturated rings. The van der Waals surface area contributed by atoms with E-state index in [1.54, 1.807) is 19.1 Å². The number of carboxylic acid groups (broad SMARTS) is 1. The molecule has 0 spiro atoms. The number of hydrogen-bond donors (Lipinski definition) is 3. The van der Waals surface area contributed by atoms with Crippen molar-refractivity contribution in [2.24, 2.45) is 5.73 Å². The smallest absolute Gasteiger partial charge is 0.324 e. The van der Waals surface area contributed by atoms with Crippen LogP contribution in [0.5, 0.6) is 17.2 Å². The normalized spacial score (nSPS) is 13.3. The number of nitrogens with two attached hydrogens (primary N) is 1. The number of benzene rings is 2. The van der Waals surface area contributed by atoms with Crippen molar-refractivity contribution >= 4 is 96.3 Å². The van der Waals surface area contributed by atoms with Crippen LogP contribution in [0.4, 0.5) is 0 Å². The van der Waals surface area contributed by atoms with Crippen LogP contribution in [0.3, 0.4) is 0 Å². The van der Waals surface area contributed by atoms with Crippen molar-refractivity contribution < 1.29 is 19.7 Å². The van der Waals surface area contributed by atoms with Gasteiger partial charge in [0.1, 0.15) is 17.0 Å². The zero-order valence-electron chi connectivity index (χ0n) is 13.5. The molecule has 0 heterocycles. The lowest BCUT2D eigenvalue weighted by atomic mass is 9.89. The van der Waals surface area contributed by atoms with Crippen LogP contribution in [0.25, 0.3) is 0 Å². The Balaban J connectivity index is 2.34. The number of ether oxygens (including phenoxy) is 1. The maximum atomic E-state index is 11.5. The Morgan fingerprint density at radius 2 is 1.58 bits per heavy atom. The minimum absolute atomic E-state index is 0.241. The van der Waals surface area contributed by atoms with E-state index in [-0.39, 0.29) is 12.2 Å². The molecule has 0 aromatic heterocycles. The molecule has 26 heavy (non-hydrogen) atoms. The molecule has 2 aromatic carbocycles. The molecule has 0 bridgehead atoms. The highest BCUT2D eigenvalue weighted by molar-refractivity contribution is 14.1. The van der Waals surface area contributed by atoms with E-state index in [9.17, 15) is 15.0 Å². The van der Waals surface area contributed by atoms with E-state index in [2.05, 4.69) is 90.4 Å². The van der Waals surface area contributed by atoms with Crippen molar-refractivity contribution in [2.75, 3.05) is 0 Å². The van der Waals surface area contributed by atoms with Crippen LogP contribution >= 0.6 is 90.4 Å². The van der Waals surface area contributed by atoms with Gasteiger partial charge >= 0.3 is 5.97 Å². The highest BCUT2D eigenvalue weighted by atomic mass is 127. The molecule has 1 atom stereocenters. The van der Waals surface area contributed by atoms with Gasteiger partial charge in [-0.15, -0.1) is 0 Å². The highest BCUT2D eigenvalue weighted by Crippen LogP contribution is 2.37. The van der Waals surface area contributed by atoms with E-state index in [0.29, 0.717) is 25.1 Å². The average molecular weight is 805 g/mol. The quantitative estimate of drug-likeness (QED) is 0.344. The number of halogens is 4. The summed E-state index contributed by atoms with van der Waals surface area (Å²) < 4.78 is 9.19. The maximum Gasteiger partial charge on any atom is 0.324 e. The Hall–Kier alpha value is 0.390. The summed E-state index contributed by atoms with van der Waals surface area (Å²) in [6.07, 6.45) is 0.595. The van der Waals surface area contributed by atoms with Crippen LogP contribution in [0.15, 0.2) is 24.3 Å². The van der Waals surface area contributed by atoms with E-state index < -0.39 is 11.5 Å². The summed E-state index contributed by atoms with van der Waals surface area (Å²) in [6.45, 7) is 1.77. The largest absolute Gasteiger partial charge is 0.506 e. The Kier molecular flexibility index (Phi) is 8.08. The van der Waals surface area contributed by atoms with Gasteiger partial charge in [-0.25, -0.2) is 0 Å². The van der Waals surface area contributed by atoms with Gasteiger partial charge < -0.3 is 20.7 Å². The van der Waals surface area contributed by atoms with Gasteiger partial charge in [-0.05, 0) is 127 Å². The molecule has 5 nitrogen and oxygen atoms in total. The molecule has 0 aliphatic carbocycles. The minimum Gasteiger partial charge on any atom is -0.506 e. The van der Waals surface area contributed by atoms with E-state index in [4.69, 9.17) is 10.5 Å². The minimum atomic E-state index is -1.28. The molecule has 0 radical (unpaired) electrons. The second kappa shape index (κ2) is 9.26. The van der Waals surface area contributed by atoms with Gasteiger partial charge in [0, 0.05) is 6.42 Å². The average Bonchev–Trinajstić information content (AvgIpc) is 2.55. The Bertz CT molecular complexity index is 813. The number of aliphatic carboxylic acids is 1. The van der Waals surface area contributed by atoms with E-state index >= 15 is 0 Å². The Morgan fingerprint density at radius 1 is 1.08 bits per heavy atom. The maximum absolute atomic E-state index is 11.5. The van der Waals surface area contributed by atoms with Crippen molar-refractivity contribution in [2.45, 2.75) is 25.3 Å². The highest BCUT2D eigenvalue weighted by Gasteiger charge is 2.32. The third-order valence-electron chi connectivity index (χ3n) is 3.84. The van der Waals surface area contributed by atoms with Crippen molar-refractivity contribution in [1.29, 1.82) is 0 Å². The second-order valence-electron chi connectivity index (χ2n) is 5.72. The number of hydrogen-bond acceptors (Lipinski definition) is 4. The third kappa shape index (κ3) is 5.26. The molecule has 0 saturated heterocycles. The van der Waals surface area contributed by atoms with Crippen molar-refractivity contribution in [1.82, 2.24) is 0 Å². The second-order valence-corrected chi connectivity index (χ2v) is 10.4. The van der Waals surface area contributed by atoms with Gasteiger partial charge in [0.25, 0.3) is 0 Å². The van der Waals surface area contributed by atoms with Crippen LogP contribution < -0.4 is 10.5 Å². The first kappa shape index (κ1) is 22.7. The van der Waals surface area contributed by atoms with Crippen LogP contribution in [0, 0.1) is 14.3 Å². The van der Waals surface area contributed by atoms with Crippen LogP contribution in [-0.4, -0.2) is 21.7 Å². The topological polar surface area (TPSA) is 92.8 Å². The van der Waals surface area contributed by atoms with Gasteiger partial charge in [0.2, 0.25) is 0 Å². The molecule has 4 N–H and O–H groups in total. The SMILES string of the molecule is CC[C@](N)(Cc1cc(I)c(Oc2cc(I)c(O)c(I)c2)c(I)c1)C(=O)O. The molecule has 2 aromatic rings. The lowest BCUT2D eigenvalue weighted by Gasteiger charge is -2.23. The standard InChI is InChI=1S/C17H15I4NO4/c1-2-17(22,16(24)25)7-8-3-12(20)15(13(21)4-8)26-9-5-10(18)14(23)11(19)6-9/h3-6,23H,2,7,22H2,1H3,(H,24,25)/t17-/m0/s1. The number of rotatable bonds is 6. The number of aromatic hydroxyl groups is 1. The molecule has 9 heteroatoms. The fraction of sp³-hybridized carbons (Fsp3) is 0.235. The Labute approximate surface area is 206 Å². The number of carboxylic acids is 1. The summed E-state index contributed by atoms with van der Waals surface area (Å²) >= 11 is 8.46. The summed E-state index contributed by atoms with van der Waals surface area (Å²) in [4.78, 5) is 11.5. The first-order chi connectivity index (χ1) is 12.1. The number of phenols is 1. The molecule has 0 saturated carbocycles. The summed E-state index contributed by atoms with van der Waals surface area (Å²) in [5, 5.41) is 19.3. The molecular weight excluding hydrogens is 790 g/mol. The lowest BCUT2D eigenvalue weighted by molar-refractivity contribution is -0.143.